The highest BCUT2D eigenvalue weighted by Gasteiger charge is 2.26. The smallest absolute Gasteiger partial charge is 0.257 e. The lowest BCUT2D eigenvalue weighted by molar-refractivity contribution is -0.121. The molecule has 0 radical (unpaired) electrons. The molecular formula is C21H23FN2O3. The van der Waals surface area contributed by atoms with Crippen LogP contribution in [0.15, 0.2) is 48.5 Å². The van der Waals surface area contributed by atoms with E-state index in [-0.39, 0.29) is 30.1 Å². The van der Waals surface area contributed by atoms with Crippen molar-refractivity contribution in [2.75, 3.05) is 20.2 Å². The third-order valence-corrected chi connectivity index (χ3v) is 4.76. The summed E-state index contributed by atoms with van der Waals surface area (Å²) < 4.78 is 18.2. The molecule has 1 aliphatic rings. The normalized spacial score (nSPS) is 14.7. The minimum Gasteiger partial charge on any atom is -0.496 e. The van der Waals surface area contributed by atoms with Gasteiger partial charge in [0.2, 0.25) is 5.91 Å². The predicted molar refractivity (Wildman–Crippen MR) is 100 cm³/mol. The summed E-state index contributed by atoms with van der Waals surface area (Å²) in [6, 6.07) is 13.2. The van der Waals surface area contributed by atoms with Crippen molar-refractivity contribution in [2.24, 2.45) is 0 Å². The molecule has 1 heterocycles. The van der Waals surface area contributed by atoms with E-state index in [1.54, 1.807) is 36.3 Å². The first kappa shape index (κ1) is 18.9. The molecule has 0 spiro atoms. The number of nitrogens with one attached hydrogen (secondary N) is 1. The number of ether oxygens (including phenoxy) is 1. The molecule has 2 amide bonds. The maximum Gasteiger partial charge on any atom is 0.257 e. The SMILES string of the molecule is COc1ccccc1C(=O)N1CCC(NC(=O)Cc2ccc(F)cc2)CC1. The highest BCUT2D eigenvalue weighted by atomic mass is 19.1. The third-order valence-electron chi connectivity index (χ3n) is 4.76. The number of rotatable bonds is 5. The summed E-state index contributed by atoms with van der Waals surface area (Å²) in [4.78, 5) is 26.7. The Labute approximate surface area is 158 Å². The molecule has 2 aromatic carbocycles. The van der Waals surface area contributed by atoms with Gasteiger partial charge in [-0.05, 0) is 42.7 Å². The molecule has 2 aromatic rings. The first-order valence-electron chi connectivity index (χ1n) is 9.03. The van der Waals surface area contributed by atoms with E-state index in [4.69, 9.17) is 4.74 Å². The highest BCUT2D eigenvalue weighted by Crippen LogP contribution is 2.21. The van der Waals surface area contributed by atoms with Crippen LogP contribution in [0, 0.1) is 5.82 Å². The topological polar surface area (TPSA) is 58.6 Å². The van der Waals surface area contributed by atoms with Gasteiger partial charge in [0.25, 0.3) is 5.91 Å². The van der Waals surface area contributed by atoms with E-state index in [1.807, 2.05) is 12.1 Å². The van der Waals surface area contributed by atoms with E-state index < -0.39 is 0 Å². The minimum atomic E-state index is -0.314. The number of para-hydroxylation sites is 1. The van der Waals surface area contributed by atoms with Crippen molar-refractivity contribution >= 4 is 11.8 Å². The van der Waals surface area contributed by atoms with Crippen LogP contribution in [0.2, 0.25) is 0 Å². The molecular weight excluding hydrogens is 347 g/mol. The standard InChI is InChI=1S/C21H23FN2O3/c1-27-19-5-3-2-4-18(19)21(26)24-12-10-17(11-13-24)23-20(25)14-15-6-8-16(22)9-7-15/h2-9,17H,10-14H2,1H3,(H,23,25). The van der Waals surface area contributed by atoms with E-state index in [9.17, 15) is 14.0 Å². The van der Waals surface area contributed by atoms with Gasteiger partial charge in [0.1, 0.15) is 11.6 Å². The minimum absolute atomic E-state index is 0.0414. The summed E-state index contributed by atoms with van der Waals surface area (Å²) >= 11 is 0. The molecule has 1 fully saturated rings. The Kier molecular flexibility index (Phi) is 6.06. The van der Waals surface area contributed by atoms with Crippen LogP contribution in [0.25, 0.3) is 0 Å². The van der Waals surface area contributed by atoms with E-state index >= 15 is 0 Å². The summed E-state index contributed by atoms with van der Waals surface area (Å²) in [6.07, 6.45) is 1.63. The second kappa shape index (κ2) is 8.66. The molecule has 6 heteroatoms. The Balaban J connectivity index is 1.50. The van der Waals surface area contributed by atoms with Gasteiger partial charge in [-0.3, -0.25) is 9.59 Å². The lowest BCUT2D eigenvalue weighted by atomic mass is 10.0. The molecule has 0 unspecified atom stereocenters. The van der Waals surface area contributed by atoms with Gasteiger partial charge in [0.05, 0.1) is 19.1 Å². The van der Waals surface area contributed by atoms with Crippen LogP contribution in [0.3, 0.4) is 0 Å². The van der Waals surface area contributed by atoms with Crippen LogP contribution in [0.4, 0.5) is 4.39 Å². The Bertz CT molecular complexity index is 799. The fourth-order valence-electron chi connectivity index (χ4n) is 3.28. The maximum atomic E-state index is 12.9. The second-order valence-electron chi connectivity index (χ2n) is 6.64. The number of hydrogen-bond donors (Lipinski definition) is 1. The van der Waals surface area contributed by atoms with Crippen LogP contribution in [0.1, 0.15) is 28.8 Å². The summed E-state index contributed by atoms with van der Waals surface area (Å²) in [5.41, 5.74) is 1.33. The number of carbonyl (C=O) groups is 2. The van der Waals surface area contributed by atoms with Crippen molar-refractivity contribution in [3.05, 3.63) is 65.5 Å². The van der Waals surface area contributed by atoms with Gasteiger partial charge in [-0.25, -0.2) is 4.39 Å². The fourth-order valence-corrected chi connectivity index (χ4v) is 3.28. The second-order valence-corrected chi connectivity index (χ2v) is 6.64. The lowest BCUT2D eigenvalue weighted by Crippen LogP contribution is -2.46. The molecule has 5 nitrogen and oxygen atoms in total. The monoisotopic (exact) mass is 370 g/mol. The summed E-state index contributed by atoms with van der Waals surface area (Å²) in [6.45, 7) is 1.16. The third kappa shape index (κ3) is 4.84. The predicted octanol–water partition coefficient (Wildman–Crippen LogP) is 2.80. The van der Waals surface area contributed by atoms with Crippen molar-refractivity contribution in [1.29, 1.82) is 0 Å². The van der Waals surface area contributed by atoms with Crippen molar-refractivity contribution in [3.8, 4) is 5.75 Å². The number of nitrogens with zero attached hydrogens (tertiary/aromatic N) is 1. The van der Waals surface area contributed by atoms with Crippen molar-refractivity contribution in [3.63, 3.8) is 0 Å². The zero-order chi connectivity index (χ0) is 19.2. The van der Waals surface area contributed by atoms with E-state index in [1.165, 1.54) is 12.1 Å². The van der Waals surface area contributed by atoms with Gasteiger partial charge >= 0.3 is 0 Å². The summed E-state index contributed by atoms with van der Waals surface area (Å²) in [5, 5.41) is 3.01. The number of halogens is 1. The zero-order valence-corrected chi connectivity index (χ0v) is 15.3. The molecule has 0 saturated carbocycles. The van der Waals surface area contributed by atoms with E-state index in [0.717, 1.165) is 5.56 Å². The average Bonchev–Trinajstić information content (AvgIpc) is 2.69. The van der Waals surface area contributed by atoms with Crippen LogP contribution >= 0.6 is 0 Å². The van der Waals surface area contributed by atoms with Gasteiger partial charge in [-0.15, -0.1) is 0 Å². The van der Waals surface area contributed by atoms with Crippen molar-refractivity contribution in [2.45, 2.75) is 25.3 Å². The largest absolute Gasteiger partial charge is 0.496 e. The Hall–Kier alpha value is -2.89. The van der Waals surface area contributed by atoms with E-state index in [2.05, 4.69) is 5.32 Å². The molecule has 142 valence electrons. The van der Waals surface area contributed by atoms with E-state index in [0.29, 0.717) is 37.2 Å². The van der Waals surface area contributed by atoms with Gasteiger partial charge in [-0.2, -0.15) is 0 Å². The van der Waals surface area contributed by atoms with Crippen LogP contribution in [-0.2, 0) is 11.2 Å². The first-order chi connectivity index (χ1) is 13.1. The van der Waals surface area contributed by atoms with Crippen LogP contribution in [0.5, 0.6) is 5.75 Å². The van der Waals surface area contributed by atoms with Gasteiger partial charge in [-0.1, -0.05) is 24.3 Å². The molecule has 27 heavy (non-hydrogen) atoms. The van der Waals surface area contributed by atoms with Crippen LogP contribution in [-0.4, -0.2) is 43.0 Å². The molecule has 1 N–H and O–H groups in total. The molecule has 0 bridgehead atoms. The summed E-state index contributed by atoms with van der Waals surface area (Å²) in [5.74, 6) is 0.114. The quantitative estimate of drug-likeness (QED) is 0.881. The fraction of sp³-hybridized carbons (Fsp3) is 0.333. The van der Waals surface area contributed by atoms with Gasteiger partial charge in [0, 0.05) is 19.1 Å². The van der Waals surface area contributed by atoms with Crippen LogP contribution < -0.4 is 10.1 Å². The lowest BCUT2D eigenvalue weighted by Gasteiger charge is -2.32. The average molecular weight is 370 g/mol. The van der Waals surface area contributed by atoms with Crippen molar-refractivity contribution < 1.29 is 18.7 Å². The molecule has 1 saturated heterocycles. The first-order valence-corrected chi connectivity index (χ1v) is 9.03. The zero-order valence-electron chi connectivity index (χ0n) is 15.3. The molecule has 0 atom stereocenters. The highest BCUT2D eigenvalue weighted by molar-refractivity contribution is 5.97. The molecule has 3 rings (SSSR count). The van der Waals surface area contributed by atoms with Gasteiger partial charge in [0.15, 0.2) is 0 Å². The number of methoxy groups -OCH3 is 1. The maximum absolute atomic E-state index is 12.9. The molecule has 0 aliphatic carbocycles. The number of carbonyl (C=O) groups excluding carboxylic acids is 2. The number of piperidine rings is 1. The number of likely N-dealkylation sites (tertiary alicyclic amines) is 1. The number of benzene rings is 2. The molecule has 1 aliphatic heterocycles. The number of hydrogen-bond acceptors (Lipinski definition) is 3. The Morgan fingerprint density at radius 2 is 1.78 bits per heavy atom. The molecule has 0 aromatic heterocycles. The van der Waals surface area contributed by atoms with Gasteiger partial charge < -0.3 is 15.0 Å². The Morgan fingerprint density at radius 1 is 1.11 bits per heavy atom. The number of amides is 2. The Morgan fingerprint density at radius 3 is 2.44 bits per heavy atom. The summed E-state index contributed by atoms with van der Waals surface area (Å²) in [7, 11) is 1.55. The van der Waals surface area contributed by atoms with Crippen molar-refractivity contribution in [1.82, 2.24) is 10.2 Å².